The average Bonchev–Trinajstić information content (AvgIpc) is 2.89. The van der Waals surface area contributed by atoms with E-state index in [9.17, 15) is 17.6 Å². The summed E-state index contributed by atoms with van der Waals surface area (Å²) in [5.74, 6) is -0.779. The van der Waals surface area contributed by atoms with Crippen molar-refractivity contribution in [2.45, 2.75) is 17.4 Å². The van der Waals surface area contributed by atoms with E-state index >= 15 is 0 Å². The highest BCUT2D eigenvalue weighted by Crippen LogP contribution is 2.25. The molecule has 1 N–H and O–H groups in total. The molecule has 3 rings (SSSR count). The van der Waals surface area contributed by atoms with Gasteiger partial charge >= 0.3 is 0 Å². The number of hydrogen-bond donors (Lipinski definition) is 1. The van der Waals surface area contributed by atoms with Crippen LogP contribution < -0.4 is 9.62 Å². The highest BCUT2D eigenvalue weighted by atomic mass is 35.5. The molecule has 1 saturated heterocycles. The SMILES string of the molecule is O=C1C(NS(=O)(=O)c2ccccc2Cl)CCN1c1ccc(F)cc1. The standard InChI is InChI=1S/C16H14ClFN2O3S/c17-13-3-1-2-4-15(13)24(22,23)19-14-9-10-20(16(14)21)12-7-5-11(18)6-8-12/h1-8,14,19H,9-10H2. The van der Waals surface area contributed by atoms with Gasteiger partial charge in [0.25, 0.3) is 0 Å². The monoisotopic (exact) mass is 368 g/mol. The third-order valence-electron chi connectivity index (χ3n) is 3.77. The van der Waals surface area contributed by atoms with E-state index in [0.29, 0.717) is 18.7 Å². The van der Waals surface area contributed by atoms with Gasteiger partial charge in [-0.1, -0.05) is 23.7 Å². The number of nitrogens with zero attached hydrogens (tertiary/aromatic N) is 1. The van der Waals surface area contributed by atoms with Crippen LogP contribution in [0.4, 0.5) is 10.1 Å². The Hall–Kier alpha value is -1.96. The average molecular weight is 369 g/mol. The lowest BCUT2D eigenvalue weighted by atomic mass is 10.3. The molecule has 1 atom stereocenters. The fourth-order valence-electron chi connectivity index (χ4n) is 2.58. The second kappa shape index (κ2) is 6.51. The van der Waals surface area contributed by atoms with Gasteiger partial charge in [-0.15, -0.1) is 0 Å². The molecule has 1 heterocycles. The van der Waals surface area contributed by atoms with Crippen molar-refractivity contribution >= 4 is 33.2 Å². The quantitative estimate of drug-likeness (QED) is 0.902. The van der Waals surface area contributed by atoms with Crippen molar-refractivity contribution < 1.29 is 17.6 Å². The van der Waals surface area contributed by atoms with E-state index in [1.165, 1.54) is 41.3 Å². The molecule has 0 saturated carbocycles. The molecular formula is C16H14ClFN2O3S. The van der Waals surface area contributed by atoms with Gasteiger partial charge in [-0.25, -0.2) is 12.8 Å². The van der Waals surface area contributed by atoms with Crippen LogP contribution in [0.1, 0.15) is 6.42 Å². The minimum Gasteiger partial charge on any atom is -0.311 e. The number of carbonyl (C=O) groups is 1. The Morgan fingerprint density at radius 1 is 1.12 bits per heavy atom. The number of anilines is 1. The zero-order valence-corrected chi connectivity index (χ0v) is 14.0. The Bertz CT molecular complexity index is 871. The van der Waals surface area contributed by atoms with E-state index in [4.69, 9.17) is 11.6 Å². The zero-order valence-electron chi connectivity index (χ0n) is 12.4. The van der Waals surface area contributed by atoms with E-state index in [1.54, 1.807) is 12.1 Å². The van der Waals surface area contributed by atoms with E-state index < -0.39 is 21.9 Å². The van der Waals surface area contributed by atoms with Crippen molar-refractivity contribution in [3.05, 3.63) is 59.4 Å². The number of nitrogens with one attached hydrogen (secondary N) is 1. The minimum absolute atomic E-state index is 0.0697. The molecule has 2 aromatic rings. The molecule has 0 radical (unpaired) electrons. The maximum absolute atomic E-state index is 13.0. The number of amides is 1. The largest absolute Gasteiger partial charge is 0.311 e. The van der Waals surface area contributed by atoms with Gasteiger partial charge in [0, 0.05) is 12.2 Å². The summed E-state index contributed by atoms with van der Waals surface area (Å²) < 4.78 is 40.2. The first-order chi connectivity index (χ1) is 11.4. The summed E-state index contributed by atoms with van der Waals surface area (Å²) in [6.07, 6.45) is 0.319. The van der Waals surface area contributed by atoms with E-state index in [0.717, 1.165) is 0 Å². The van der Waals surface area contributed by atoms with Crippen molar-refractivity contribution in [1.82, 2.24) is 4.72 Å². The molecule has 2 aromatic carbocycles. The molecule has 1 unspecified atom stereocenters. The highest BCUT2D eigenvalue weighted by Gasteiger charge is 2.36. The van der Waals surface area contributed by atoms with Crippen molar-refractivity contribution in [3.8, 4) is 0 Å². The molecule has 5 nitrogen and oxygen atoms in total. The zero-order chi connectivity index (χ0) is 17.3. The topological polar surface area (TPSA) is 66.5 Å². The van der Waals surface area contributed by atoms with Crippen molar-refractivity contribution in [2.75, 3.05) is 11.4 Å². The Labute approximate surface area is 144 Å². The second-order valence-electron chi connectivity index (χ2n) is 5.36. The van der Waals surface area contributed by atoms with Crippen LogP contribution in [-0.4, -0.2) is 26.9 Å². The maximum Gasteiger partial charge on any atom is 0.245 e. The van der Waals surface area contributed by atoms with Crippen LogP contribution in [0.2, 0.25) is 5.02 Å². The molecule has 24 heavy (non-hydrogen) atoms. The lowest BCUT2D eigenvalue weighted by Gasteiger charge is -2.17. The highest BCUT2D eigenvalue weighted by molar-refractivity contribution is 7.89. The molecule has 1 aliphatic rings. The molecular weight excluding hydrogens is 355 g/mol. The van der Waals surface area contributed by atoms with Crippen LogP contribution in [0.3, 0.4) is 0 Å². The first-order valence-electron chi connectivity index (χ1n) is 7.22. The smallest absolute Gasteiger partial charge is 0.245 e. The van der Waals surface area contributed by atoms with Gasteiger partial charge in [0.1, 0.15) is 16.8 Å². The van der Waals surface area contributed by atoms with Crippen LogP contribution in [0.25, 0.3) is 0 Å². The molecule has 1 amide bonds. The molecule has 126 valence electrons. The Morgan fingerprint density at radius 2 is 1.79 bits per heavy atom. The van der Waals surface area contributed by atoms with Gasteiger partial charge in [0.2, 0.25) is 15.9 Å². The van der Waals surface area contributed by atoms with Crippen LogP contribution in [0.15, 0.2) is 53.4 Å². The summed E-state index contributed by atoms with van der Waals surface area (Å²) in [7, 11) is -3.91. The number of carbonyl (C=O) groups excluding carboxylic acids is 1. The van der Waals surface area contributed by atoms with Crippen LogP contribution in [0.5, 0.6) is 0 Å². The summed E-state index contributed by atoms with van der Waals surface area (Å²) in [5.41, 5.74) is 0.529. The van der Waals surface area contributed by atoms with Gasteiger partial charge in [0.15, 0.2) is 0 Å². The first-order valence-corrected chi connectivity index (χ1v) is 9.08. The van der Waals surface area contributed by atoms with Crippen molar-refractivity contribution in [3.63, 3.8) is 0 Å². The predicted molar refractivity (Wildman–Crippen MR) is 88.9 cm³/mol. The lowest BCUT2D eigenvalue weighted by Crippen LogP contribution is -2.41. The van der Waals surface area contributed by atoms with E-state index in [-0.39, 0.29) is 15.8 Å². The summed E-state index contributed by atoms with van der Waals surface area (Å²) in [5, 5.41) is 0.0887. The predicted octanol–water partition coefficient (Wildman–Crippen LogP) is 2.56. The molecule has 8 heteroatoms. The number of halogens is 2. The van der Waals surface area contributed by atoms with Gasteiger partial charge in [-0.2, -0.15) is 4.72 Å². The molecule has 0 aromatic heterocycles. The van der Waals surface area contributed by atoms with Crippen molar-refractivity contribution in [1.29, 1.82) is 0 Å². The second-order valence-corrected chi connectivity index (χ2v) is 7.45. The van der Waals surface area contributed by atoms with Gasteiger partial charge in [-0.05, 0) is 42.8 Å². The Balaban J connectivity index is 1.79. The van der Waals surface area contributed by atoms with Crippen LogP contribution >= 0.6 is 11.6 Å². The molecule has 0 aliphatic carbocycles. The normalized spacial score (nSPS) is 18.2. The third-order valence-corrected chi connectivity index (χ3v) is 5.74. The molecule has 0 bridgehead atoms. The van der Waals surface area contributed by atoms with Gasteiger partial charge < -0.3 is 4.90 Å². The third kappa shape index (κ3) is 3.28. The Kier molecular flexibility index (Phi) is 4.58. The first kappa shape index (κ1) is 16.9. The number of sulfonamides is 1. The Morgan fingerprint density at radius 3 is 2.46 bits per heavy atom. The fraction of sp³-hybridized carbons (Fsp3) is 0.188. The summed E-state index contributed by atoms with van der Waals surface area (Å²) in [6, 6.07) is 10.6. The van der Waals surface area contributed by atoms with E-state index in [1.807, 2.05) is 0 Å². The molecule has 1 aliphatic heterocycles. The maximum atomic E-state index is 13.0. The van der Waals surface area contributed by atoms with Gasteiger partial charge in [0.05, 0.1) is 5.02 Å². The van der Waals surface area contributed by atoms with Crippen LogP contribution in [0, 0.1) is 5.82 Å². The number of rotatable bonds is 4. The van der Waals surface area contributed by atoms with Crippen LogP contribution in [-0.2, 0) is 14.8 Å². The number of hydrogen-bond acceptors (Lipinski definition) is 3. The molecule has 1 fully saturated rings. The summed E-state index contributed by atoms with van der Waals surface area (Å²) in [6.45, 7) is 0.347. The van der Waals surface area contributed by atoms with Crippen molar-refractivity contribution in [2.24, 2.45) is 0 Å². The van der Waals surface area contributed by atoms with E-state index in [2.05, 4.69) is 4.72 Å². The lowest BCUT2D eigenvalue weighted by molar-refractivity contribution is -0.118. The summed E-state index contributed by atoms with van der Waals surface area (Å²) >= 11 is 5.92. The molecule has 0 spiro atoms. The summed E-state index contributed by atoms with van der Waals surface area (Å²) in [4.78, 5) is 13.8. The number of benzene rings is 2. The fourth-order valence-corrected chi connectivity index (χ4v) is 4.32. The minimum atomic E-state index is -3.91. The van der Waals surface area contributed by atoms with Gasteiger partial charge in [-0.3, -0.25) is 4.79 Å².